The van der Waals surface area contributed by atoms with Gasteiger partial charge in [0.1, 0.15) is 11.6 Å². The summed E-state index contributed by atoms with van der Waals surface area (Å²) in [5, 5.41) is 0. The number of ketones is 1. The van der Waals surface area contributed by atoms with Gasteiger partial charge in [-0.2, -0.15) is 0 Å². The van der Waals surface area contributed by atoms with Crippen molar-refractivity contribution >= 4 is 39.4 Å². The quantitative estimate of drug-likeness (QED) is 0.401. The van der Waals surface area contributed by atoms with E-state index < -0.39 is 5.82 Å². The lowest BCUT2D eigenvalue weighted by atomic mass is 10.1. The van der Waals surface area contributed by atoms with E-state index in [1.54, 1.807) is 37.4 Å². The number of hydrogen-bond acceptors (Lipinski definition) is 2. The SMILES string of the molecule is COc1ccc(C(=O)/C=C/c2c(F)cccc2Br)cc1CCl. The van der Waals surface area contributed by atoms with Crippen LogP contribution in [0, 0.1) is 5.82 Å². The van der Waals surface area contributed by atoms with Gasteiger partial charge in [-0.1, -0.05) is 22.0 Å². The van der Waals surface area contributed by atoms with E-state index in [1.165, 1.54) is 18.2 Å². The number of hydrogen-bond donors (Lipinski definition) is 0. The van der Waals surface area contributed by atoms with Crippen molar-refractivity contribution in [2.45, 2.75) is 5.88 Å². The zero-order chi connectivity index (χ0) is 16.1. The molecule has 114 valence electrons. The maximum Gasteiger partial charge on any atom is 0.185 e. The van der Waals surface area contributed by atoms with E-state index in [2.05, 4.69) is 15.9 Å². The number of rotatable bonds is 5. The summed E-state index contributed by atoms with van der Waals surface area (Å²) in [6, 6.07) is 9.67. The summed E-state index contributed by atoms with van der Waals surface area (Å²) in [6.45, 7) is 0. The Balaban J connectivity index is 2.27. The third kappa shape index (κ3) is 3.76. The standard InChI is InChI=1S/C17H13BrClFO2/c1-22-17-8-5-11(9-12(17)10-19)16(21)7-6-13-14(18)3-2-4-15(13)20/h2-9H,10H2,1H3/b7-6+. The monoisotopic (exact) mass is 382 g/mol. The van der Waals surface area contributed by atoms with Gasteiger partial charge in [0.25, 0.3) is 0 Å². The molecule has 2 aromatic carbocycles. The Hall–Kier alpha value is -1.65. The number of ether oxygens (including phenoxy) is 1. The summed E-state index contributed by atoms with van der Waals surface area (Å²) in [4.78, 5) is 12.2. The first-order chi connectivity index (χ1) is 10.6. The van der Waals surface area contributed by atoms with Gasteiger partial charge in [0.05, 0.1) is 13.0 Å². The van der Waals surface area contributed by atoms with Crippen molar-refractivity contribution < 1.29 is 13.9 Å². The summed E-state index contributed by atoms with van der Waals surface area (Å²) in [5.41, 5.74) is 1.54. The molecule has 0 heterocycles. The van der Waals surface area contributed by atoms with Gasteiger partial charge < -0.3 is 4.74 Å². The normalized spacial score (nSPS) is 10.9. The van der Waals surface area contributed by atoms with Crippen LogP contribution in [0.25, 0.3) is 6.08 Å². The van der Waals surface area contributed by atoms with Crippen LogP contribution in [0.1, 0.15) is 21.5 Å². The molecule has 0 aliphatic carbocycles. The minimum atomic E-state index is -0.394. The number of carbonyl (C=O) groups is 1. The number of alkyl halides is 1. The molecule has 0 atom stereocenters. The Bertz CT molecular complexity index is 708. The minimum Gasteiger partial charge on any atom is -0.496 e. The predicted octanol–water partition coefficient (Wildman–Crippen LogP) is 5.23. The van der Waals surface area contributed by atoms with Crippen LogP contribution in [0.4, 0.5) is 4.39 Å². The lowest BCUT2D eigenvalue weighted by molar-refractivity contribution is 0.104. The number of allylic oxidation sites excluding steroid dienone is 1. The molecule has 0 spiro atoms. The average Bonchev–Trinajstić information content (AvgIpc) is 2.53. The molecule has 22 heavy (non-hydrogen) atoms. The summed E-state index contributed by atoms with van der Waals surface area (Å²) < 4.78 is 19.4. The number of benzene rings is 2. The maximum atomic E-state index is 13.7. The lowest BCUT2D eigenvalue weighted by Crippen LogP contribution is -1.98. The van der Waals surface area contributed by atoms with Gasteiger partial charge in [0.2, 0.25) is 0 Å². The molecule has 0 aliphatic heterocycles. The van der Waals surface area contributed by atoms with Crippen molar-refractivity contribution in [2.24, 2.45) is 0 Å². The van der Waals surface area contributed by atoms with Gasteiger partial charge in [0, 0.05) is 21.2 Å². The molecule has 0 unspecified atom stereocenters. The first kappa shape index (κ1) is 16.7. The van der Waals surface area contributed by atoms with Crippen molar-refractivity contribution in [3.8, 4) is 5.75 Å². The molecular formula is C17H13BrClFO2. The second-order valence-corrected chi connectivity index (χ2v) is 5.61. The molecule has 0 radical (unpaired) electrons. The van der Waals surface area contributed by atoms with Gasteiger partial charge in [-0.05, 0) is 42.5 Å². The van der Waals surface area contributed by atoms with Crippen molar-refractivity contribution in [3.63, 3.8) is 0 Å². The third-order valence-electron chi connectivity index (χ3n) is 3.11. The average molecular weight is 384 g/mol. The minimum absolute atomic E-state index is 0.232. The second kappa shape index (κ2) is 7.56. The molecule has 0 amide bonds. The van der Waals surface area contributed by atoms with E-state index in [9.17, 15) is 9.18 Å². The van der Waals surface area contributed by atoms with Crippen LogP contribution >= 0.6 is 27.5 Å². The van der Waals surface area contributed by atoms with Gasteiger partial charge in [-0.3, -0.25) is 4.79 Å². The summed E-state index contributed by atoms with van der Waals surface area (Å²) in [6.07, 6.45) is 2.79. The van der Waals surface area contributed by atoms with E-state index in [0.29, 0.717) is 21.3 Å². The molecule has 2 rings (SSSR count). The molecule has 0 bridgehead atoms. The van der Waals surface area contributed by atoms with E-state index in [4.69, 9.17) is 16.3 Å². The Morgan fingerprint density at radius 1 is 1.36 bits per heavy atom. The fraction of sp³-hybridized carbons (Fsp3) is 0.118. The van der Waals surface area contributed by atoms with Gasteiger partial charge in [-0.15, -0.1) is 11.6 Å². The van der Waals surface area contributed by atoms with E-state index in [-0.39, 0.29) is 11.7 Å². The van der Waals surface area contributed by atoms with Crippen molar-refractivity contribution in [3.05, 3.63) is 69.5 Å². The smallest absolute Gasteiger partial charge is 0.185 e. The van der Waals surface area contributed by atoms with Crippen LogP contribution in [0.15, 0.2) is 46.9 Å². The Kier molecular flexibility index (Phi) is 5.75. The van der Waals surface area contributed by atoms with Crippen LogP contribution in [0.5, 0.6) is 5.75 Å². The van der Waals surface area contributed by atoms with Gasteiger partial charge >= 0.3 is 0 Å². The Labute approximate surface area is 141 Å². The highest BCUT2D eigenvalue weighted by atomic mass is 79.9. The van der Waals surface area contributed by atoms with Gasteiger partial charge in [-0.25, -0.2) is 4.39 Å². The lowest BCUT2D eigenvalue weighted by Gasteiger charge is -2.07. The molecule has 2 nitrogen and oxygen atoms in total. The van der Waals surface area contributed by atoms with E-state index >= 15 is 0 Å². The van der Waals surface area contributed by atoms with Crippen LogP contribution < -0.4 is 4.74 Å². The molecule has 0 fully saturated rings. The third-order valence-corrected chi connectivity index (χ3v) is 4.09. The highest BCUT2D eigenvalue weighted by Gasteiger charge is 2.09. The molecule has 0 saturated heterocycles. The summed E-state index contributed by atoms with van der Waals surface area (Å²) in [5.74, 6) is 0.249. The Morgan fingerprint density at radius 3 is 2.77 bits per heavy atom. The van der Waals surface area contributed by atoms with E-state index in [1.807, 2.05) is 0 Å². The molecule has 0 aromatic heterocycles. The first-order valence-corrected chi connectivity index (χ1v) is 7.79. The topological polar surface area (TPSA) is 26.3 Å². The van der Waals surface area contributed by atoms with Crippen molar-refractivity contribution in [1.82, 2.24) is 0 Å². The zero-order valence-electron chi connectivity index (χ0n) is 11.8. The fourth-order valence-electron chi connectivity index (χ4n) is 1.96. The van der Waals surface area contributed by atoms with Crippen LogP contribution in [0.3, 0.4) is 0 Å². The van der Waals surface area contributed by atoms with E-state index in [0.717, 1.165) is 5.56 Å². The van der Waals surface area contributed by atoms with Crippen molar-refractivity contribution in [2.75, 3.05) is 7.11 Å². The molecule has 2 aromatic rings. The van der Waals surface area contributed by atoms with Crippen LogP contribution in [-0.2, 0) is 5.88 Å². The number of carbonyl (C=O) groups excluding carboxylic acids is 1. The number of halogens is 3. The van der Waals surface area contributed by atoms with Crippen LogP contribution in [0.2, 0.25) is 0 Å². The maximum absolute atomic E-state index is 13.7. The van der Waals surface area contributed by atoms with Crippen LogP contribution in [-0.4, -0.2) is 12.9 Å². The largest absolute Gasteiger partial charge is 0.496 e. The zero-order valence-corrected chi connectivity index (χ0v) is 14.1. The highest BCUT2D eigenvalue weighted by molar-refractivity contribution is 9.10. The summed E-state index contributed by atoms with van der Waals surface area (Å²) in [7, 11) is 1.54. The molecule has 5 heteroatoms. The predicted molar refractivity (Wildman–Crippen MR) is 90.0 cm³/mol. The van der Waals surface area contributed by atoms with Crippen molar-refractivity contribution in [1.29, 1.82) is 0 Å². The number of methoxy groups -OCH3 is 1. The van der Waals surface area contributed by atoms with Gasteiger partial charge in [0.15, 0.2) is 5.78 Å². The second-order valence-electron chi connectivity index (χ2n) is 4.49. The molecular weight excluding hydrogens is 371 g/mol. The Morgan fingerprint density at radius 2 is 2.14 bits per heavy atom. The molecule has 0 saturated carbocycles. The highest BCUT2D eigenvalue weighted by Crippen LogP contribution is 2.23. The molecule has 0 N–H and O–H groups in total. The summed E-state index contributed by atoms with van der Waals surface area (Å²) >= 11 is 9.10. The fourth-order valence-corrected chi connectivity index (χ4v) is 2.64. The molecule has 0 aliphatic rings. The first-order valence-electron chi connectivity index (χ1n) is 6.46.